The number of ether oxygens (including phenoxy) is 1. The van der Waals surface area contributed by atoms with E-state index in [-0.39, 0.29) is 6.61 Å². The average Bonchev–Trinajstić information content (AvgIpc) is 2.47. The van der Waals surface area contributed by atoms with Crippen molar-refractivity contribution in [3.63, 3.8) is 0 Å². The summed E-state index contributed by atoms with van der Waals surface area (Å²) in [5.74, 6) is 1.73. The first-order valence-corrected chi connectivity index (χ1v) is 4.35. The summed E-state index contributed by atoms with van der Waals surface area (Å²) in [6.07, 6.45) is 4.91. The van der Waals surface area contributed by atoms with Crippen LogP contribution in [0.5, 0.6) is 0 Å². The second-order valence-electron chi connectivity index (χ2n) is 1.88. The van der Waals surface area contributed by atoms with Crippen LogP contribution >= 0.6 is 22.9 Å². The van der Waals surface area contributed by atoms with Gasteiger partial charge in [-0.3, -0.25) is 0 Å². The van der Waals surface area contributed by atoms with E-state index in [1.807, 2.05) is 0 Å². The lowest BCUT2D eigenvalue weighted by Gasteiger charge is -1.97. The molecule has 0 fully saturated rings. The number of hydrogen-bond acceptors (Lipinski definition) is 3. The highest BCUT2D eigenvalue weighted by atomic mass is 35.5. The van der Waals surface area contributed by atoms with Gasteiger partial charge in [-0.1, -0.05) is 17.5 Å². The standard InChI is InChI=1S/C8H5ClO2S/c1-2-4-11-8(10)7-6(9)3-5-12-7/h1,3,5H,4H2. The molecular formula is C8H5ClO2S. The molecule has 62 valence electrons. The molecule has 12 heavy (non-hydrogen) atoms. The molecule has 0 aromatic carbocycles. The van der Waals surface area contributed by atoms with Crippen LogP contribution < -0.4 is 0 Å². The third kappa shape index (κ3) is 2.00. The number of halogens is 1. The first kappa shape index (κ1) is 9.11. The Kier molecular flexibility index (Phi) is 3.15. The minimum atomic E-state index is -0.465. The van der Waals surface area contributed by atoms with Gasteiger partial charge in [0.2, 0.25) is 0 Å². The molecule has 0 unspecified atom stereocenters. The van der Waals surface area contributed by atoms with E-state index in [2.05, 4.69) is 10.7 Å². The van der Waals surface area contributed by atoms with Crippen molar-refractivity contribution in [2.45, 2.75) is 0 Å². The highest BCUT2D eigenvalue weighted by molar-refractivity contribution is 7.12. The van der Waals surface area contributed by atoms with Gasteiger partial charge in [0, 0.05) is 0 Å². The fraction of sp³-hybridized carbons (Fsp3) is 0.125. The predicted octanol–water partition coefficient (Wildman–Crippen LogP) is 2.19. The van der Waals surface area contributed by atoms with Crippen molar-refractivity contribution in [3.05, 3.63) is 21.3 Å². The van der Waals surface area contributed by atoms with E-state index in [0.717, 1.165) is 0 Å². The number of thiophene rings is 1. The lowest BCUT2D eigenvalue weighted by atomic mass is 10.5. The van der Waals surface area contributed by atoms with Crippen LogP contribution in [0.2, 0.25) is 5.02 Å². The van der Waals surface area contributed by atoms with Crippen LogP contribution in [-0.4, -0.2) is 12.6 Å². The minimum absolute atomic E-state index is 0.0208. The molecule has 0 saturated carbocycles. The molecule has 0 spiro atoms. The second kappa shape index (κ2) is 4.15. The maximum Gasteiger partial charge on any atom is 0.350 e. The number of carbonyl (C=O) groups excluding carboxylic acids is 1. The highest BCUT2D eigenvalue weighted by Crippen LogP contribution is 2.22. The zero-order chi connectivity index (χ0) is 8.97. The van der Waals surface area contributed by atoms with Crippen molar-refractivity contribution < 1.29 is 9.53 Å². The summed E-state index contributed by atoms with van der Waals surface area (Å²) in [4.78, 5) is 11.5. The van der Waals surface area contributed by atoms with Crippen LogP contribution in [0.1, 0.15) is 9.67 Å². The lowest BCUT2D eigenvalue weighted by molar-refractivity contribution is 0.0562. The molecule has 1 rings (SSSR count). The quantitative estimate of drug-likeness (QED) is 0.541. The maximum atomic E-state index is 11.1. The summed E-state index contributed by atoms with van der Waals surface area (Å²) in [7, 11) is 0. The Morgan fingerprint density at radius 2 is 2.58 bits per heavy atom. The molecule has 0 atom stereocenters. The molecule has 0 aliphatic heterocycles. The van der Waals surface area contributed by atoms with Crippen molar-refractivity contribution in [1.29, 1.82) is 0 Å². The van der Waals surface area contributed by atoms with E-state index in [9.17, 15) is 4.79 Å². The molecule has 0 aliphatic rings. The Morgan fingerprint density at radius 1 is 1.83 bits per heavy atom. The van der Waals surface area contributed by atoms with Crippen LogP contribution in [0, 0.1) is 12.3 Å². The van der Waals surface area contributed by atoms with Gasteiger partial charge < -0.3 is 4.74 Å². The predicted molar refractivity (Wildman–Crippen MR) is 48.4 cm³/mol. The van der Waals surface area contributed by atoms with Gasteiger partial charge in [-0.2, -0.15) is 0 Å². The van der Waals surface area contributed by atoms with Gasteiger partial charge in [-0.05, 0) is 11.4 Å². The average molecular weight is 201 g/mol. The van der Waals surface area contributed by atoms with Gasteiger partial charge in [-0.15, -0.1) is 17.8 Å². The molecule has 1 aromatic heterocycles. The molecule has 1 heterocycles. The third-order valence-electron chi connectivity index (χ3n) is 1.09. The van der Waals surface area contributed by atoms with E-state index >= 15 is 0 Å². The summed E-state index contributed by atoms with van der Waals surface area (Å²) in [5, 5.41) is 2.12. The molecule has 4 heteroatoms. The topological polar surface area (TPSA) is 26.3 Å². The Balaban J connectivity index is 2.67. The Bertz CT molecular complexity index is 324. The molecule has 0 amide bonds. The van der Waals surface area contributed by atoms with E-state index in [1.54, 1.807) is 11.4 Å². The van der Waals surface area contributed by atoms with Gasteiger partial charge in [-0.25, -0.2) is 4.79 Å². The summed E-state index contributed by atoms with van der Waals surface area (Å²) < 4.78 is 4.67. The SMILES string of the molecule is C#CCOC(=O)c1sccc1Cl. The second-order valence-corrected chi connectivity index (χ2v) is 3.20. The smallest absolute Gasteiger partial charge is 0.350 e. The third-order valence-corrected chi connectivity index (χ3v) is 2.41. The van der Waals surface area contributed by atoms with Gasteiger partial charge in [0.1, 0.15) is 4.88 Å². The molecule has 0 radical (unpaired) electrons. The summed E-state index contributed by atoms with van der Waals surface area (Å²) in [6.45, 7) is -0.0208. The number of terminal acetylenes is 1. The fourth-order valence-corrected chi connectivity index (χ4v) is 1.64. The molecule has 2 nitrogen and oxygen atoms in total. The van der Waals surface area contributed by atoms with Gasteiger partial charge in [0.05, 0.1) is 5.02 Å². The monoisotopic (exact) mass is 200 g/mol. The number of rotatable bonds is 2. The van der Waals surface area contributed by atoms with Crippen LogP contribution in [0.4, 0.5) is 0 Å². The number of hydrogen-bond donors (Lipinski definition) is 0. The van der Waals surface area contributed by atoms with E-state index in [1.165, 1.54) is 11.3 Å². The Morgan fingerprint density at radius 3 is 3.08 bits per heavy atom. The van der Waals surface area contributed by atoms with Crippen LogP contribution in [0.3, 0.4) is 0 Å². The zero-order valence-electron chi connectivity index (χ0n) is 6.04. The highest BCUT2D eigenvalue weighted by Gasteiger charge is 2.11. The zero-order valence-corrected chi connectivity index (χ0v) is 7.61. The van der Waals surface area contributed by atoms with Crippen molar-refractivity contribution in [1.82, 2.24) is 0 Å². The molecule has 0 bridgehead atoms. The fourth-order valence-electron chi connectivity index (χ4n) is 0.612. The number of esters is 1. The van der Waals surface area contributed by atoms with Gasteiger partial charge >= 0.3 is 5.97 Å². The molecule has 0 saturated heterocycles. The van der Waals surface area contributed by atoms with Gasteiger partial charge in [0.25, 0.3) is 0 Å². The summed E-state index contributed by atoms with van der Waals surface area (Å²) in [6, 6.07) is 1.64. The first-order chi connectivity index (χ1) is 5.75. The van der Waals surface area contributed by atoms with Crippen molar-refractivity contribution in [2.75, 3.05) is 6.61 Å². The van der Waals surface area contributed by atoms with Gasteiger partial charge in [0.15, 0.2) is 6.61 Å². The van der Waals surface area contributed by atoms with Crippen molar-refractivity contribution in [3.8, 4) is 12.3 Å². The van der Waals surface area contributed by atoms with Crippen molar-refractivity contribution >= 4 is 28.9 Å². The lowest BCUT2D eigenvalue weighted by Crippen LogP contribution is -2.03. The molecular weight excluding hydrogens is 196 g/mol. The molecule has 1 aromatic rings. The normalized spacial score (nSPS) is 9.00. The molecule has 0 N–H and O–H groups in total. The van der Waals surface area contributed by atoms with Crippen LogP contribution in [0.15, 0.2) is 11.4 Å². The van der Waals surface area contributed by atoms with E-state index < -0.39 is 5.97 Å². The largest absolute Gasteiger partial charge is 0.448 e. The summed E-state index contributed by atoms with van der Waals surface area (Å²) >= 11 is 6.90. The number of carbonyl (C=O) groups is 1. The minimum Gasteiger partial charge on any atom is -0.448 e. The first-order valence-electron chi connectivity index (χ1n) is 3.09. The maximum absolute atomic E-state index is 11.1. The Labute approximate surface area is 79.1 Å². The Hall–Kier alpha value is -0.980. The summed E-state index contributed by atoms with van der Waals surface area (Å²) in [5.41, 5.74) is 0. The van der Waals surface area contributed by atoms with Crippen molar-refractivity contribution in [2.24, 2.45) is 0 Å². The van der Waals surface area contributed by atoms with E-state index in [0.29, 0.717) is 9.90 Å². The van der Waals surface area contributed by atoms with Crippen LogP contribution in [-0.2, 0) is 4.74 Å². The van der Waals surface area contributed by atoms with E-state index in [4.69, 9.17) is 18.0 Å². The molecule has 0 aliphatic carbocycles. The van der Waals surface area contributed by atoms with Crippen LogP contribution in [0.25, 0.3) is 0 Å².